The fraction of sp³-hybridized carbons (Fsp3) is 0.400. The summed E-state index contributed by atoms with van der Waals surface area (Å²) in [5.74, 6) is -0.0537. The van der Waals surface area contributed by atoms with Crippen molar-refractivity contribution in [2.45, 2.75) is 25.2 Å². The van der Waals surface area contributed by atoms with Crippen molar-refractivity contribution < 1.29 is 8.78 Å². The second-order valence-corrected chi connectivity index (χ2v) is 4.29. The van der Waals surface area contributed by atoms with Gasteiger partial charge in [-0.15, -0.1) is 5.10 Å². The Morgan fingerprint density at radius 2 is 2.12 bits per heavy atom. The molecule has 2 aromatic heterocycles. The van der Waals surface area contributed by atoms with Gasteiger partial charge in [0.25, 0.3) is 6.43 Å². The normalized spacial score (nSPS) is 16.2. The molecular formula is C10H8ClF2N3. The molecule has 1 saturated carbocycles. The highest BCUT2D eigenvalue weighted by molar-refractivity contribution is 6.33. The Hall–Kier alpha value is -1.23. The maximum atomic E-state index is 12.5. The lowest BCUT2D eigenvalue weighted by atomic mass is 10.2. The largest absolute Gasteiger partial charge is 0.299 e. The van der Waals surface area contributed by atoms with E-state index < -0.39 is 12.2 Å². The maximum absolute atomic E-state index is 12.5. The molecule has 6 heteroatoms. The summed E-state index contributed by atoms with van der Waals surface area (Å²) in [5, 5.41) is 4.16. The van der Waals surface area contributed by atoms with Gasteiger partial charge in [-0.1, -0.05) is 11.6 Å². The van der Waals surface area contributed by atoms with Gasteiger partial charge in [0, 0.05) is 11.6 Å². The van der Waals surface area contributed by atoms with Crippen molar-refractivity contribution in [1.82, 2.24) is 14.6 Å². The van der Waals surface area contributed by atoms with E-state index in [1.165, 1.54) is 4.52 Å². The van der Waals surface area contributed by atoms with E-state index in [2.05, 4.69) is 10.1 Å². The zero-order valence-corrected chi connectivity index (χ0v) is 8.96. The SMILES string of the molecule is FC(F)c1nc2c(Cl)ccc(C3CC3)n2n1. The molecule has 1 fully saturated rings. The Balaban J connectivity index is 2.25. The van der Waals surface area contributed by atoms with E-state index in [9.17, 15) is 8.78 Å². The first-order chi connectivity index (χ1) is 7.66. The first-order valence-corrected chi connectivity index (χ1v) is 5.38. The smallest absolute Gasteiger partial charge is 0.216 e. The monoisotopic (exact) mass is 243 g/mol. The number of halogens is 3. The fourth-order valence-electron chi connectivity index (χ4n) is 1.75. The topological polar surface area (TPSA) is 30.2 Å². The van der Waals surface area contributed by atoms with Crippen molar-refractivity contribution in [3.05, 3.63) is 28.7 Å². The Morgan fingerprint density at radius 3 is 2.75 bits per heavy atom. The maximum Gasteiger partial charge on any atom is 0.299 e. The van der Waals surface area contributed by atoms with Crippen LogP contribution in [0.5, 0.6) is 0 Å². The van der Waals surface area contributed by atoms with E-state index in [-0.39, 0.29) is 0 Å². The molecule has 2 heterocycles. The van der Waals surface area contributed by atoms with Crippen molar-refractivity contribution in [3.63, 3.8) is 0 Å². The Kier molecular flexibility index (Phi) is 2.10. The molecule has 3 rings (SSSR count). The molecule has 0 unspecified atom stereocenters. The minimum Gasteiger partial charge on any atom is -0.216 e. The van der Waals surface area contributed by atoms with Crippen LogP contribution in [0.3, 0.4) is 0 Å². The second-order valence-electron chi connectivity index (χ2n) is 3.89. The average Bonchev–Trinajstić information content (AvgIpc) is 2.96. The van der Waals surface area contributed by atoms with Crippen LogP contribution in [0.4, 0.5) is 8.78 Å². The van der Waals surface area contributed by atoms with Crippen LogP contribution in [0.1, 0.15) is 36.7 Å². The summed E-state index contributed by atoms with van der Waals surface area (Å²) in [6.45, 7) is 0. The van der Waals surface area contributed by atoms with Crippen molar-refractivity contribution in [1.29, 1.82) is 0 Å². The third kappa shape index (κ3) is 1.46. The number of aromatic nitrogens is 3. The molecule has 1 aliphatic rings. The summed E-state index contributed by atoms with van der Waals surface area (Å²) < 4.78 is 26.5. The lowest BCUT2D eigenvalue weighted by molar-refractivity contribution is 0.140. The van der Waals surface area contributed by atoms with E-state index >= 15 is 0 Å². The van der Waals surface area contributed by atoms with Crippen LogP contribution < -0.4 is 0 Å². The molecule has 0 amide bonds. The Labute approximate surface area is 95.0 Å². The third-order valence-electron chi connectivity index (χ3n) is 2.67. The van der Waals surface area contributed by atoms with Gasteiger partial charge in [-0.3, -0.25) is 0 Å². The summed E-state index contributed by atoms with van der Waals surface area (Å²) in [6, 6.07) is 3.52. The van der Waals surface area contributed by atoms with Crippen molar-refractivity contribution in [3.8, 4) is 0 Å². The number of pyridine rings is 1. The second kappa shape index (κ2) is 3.38. The highest BCUT2D eigenvalue weighted by Gasteiger charge is 2.28. The van der Waals surface area contributed by atoms with Crippen molar-refractivity contribution in [2.24, 2.45) is 0 Å². The van der Waals surface area contributed by atoms with Crippen LogP contribution in [0.25, 0.3) is 5.65 Å². The minimum atomic E-state index is -2.66. The van der Waals surface area contributed by atoms with Gasteiger partial charge in [-0.05, 0) is 25.0 Å². The molecule has 2 aromatic rings. The van der Waals surface area contributed by atoms with Gasteiger partial charge in [0.2, 0.25) is 5.82 Å². The van der Waals surface area contributed by atoms with E-state index in [0.717, 1.165) is 18.5 Å². The molecule has 0 spiro atoms. The van der Waals surface area contributed by atoms with Gasteiger partial charge in [-0.2, -0.15) is 0 Å². The summed E-state index contributed by atoms with van der Waals surface area (Å²) >= 11 is 5.90. The van der Waals surface area contributed by atoms with Gasteiger partial charge in [0.05, 0.1) is 5.02 Å². The lowest BCUT2D eigenvalue weighted by Gasteiger charge is -2.02. The number of fused-ring (bicyclic) bond motifs is 1. The van der Waals surface area contributed by atoms with Crippen molar-refractivity contribution in [2.75, 3.05) is 0 Å². The summed E-state index contributed by atoms with van der Waals surface area (Å²) in [4.78, 5) is 3.75. The highest BCUT2D eigenvalue weighted by Crippen LogP contribution is 2.40. The zero-order valence-electron chi connectivity index (χ0n) is 8.20. The number of rotatable bonds is 2. The van der Waals surface area contributed by atoms with E-state index in [4.69, 9.17) is 11.6 Å². The van der Waals surface area contributed by atoms with Crippen LogP contribution in [0.15, 0.2) is 12.1 Å². The predicted molar refractivity (Wildman–Crippen MR) is 54.9 cm³/mol. The van der Waals surface area contributed by atoms with Gasteiger partial charge in [0.1, 0.15) is 0 Å². The first-order valence-electron chi connectivity index (χ1n) is 5.00. The molecule has 0 radical (unpaired) electrons. The van der Waals surface area contributed by atoms with Gasteiger partial charge >= 0.3 is 0 Å². The quantitative estimate of drug-likeness (QED) is 0.811. The predicted octanol–water partition coefficient (Wildman–Crippen LogP) is 3.20. The van der Waals surface area contributed by atoms with Crippen LogP contribution in [-0.4, -0.2) is 14.6 Å². The molecule has 0 aliphatic heterocycles. The number of hydrogen-bond acceptors (Lipinski definition) is 2. The standard InChI is InChI=1S/C10H8ClF2N3/c11-6-3-4-7(5-1-2-5)16-10(6)14-9(15-16)8(12)13/h3-5,8H,1-2H2. The molecule has 84 valence electrons. The summed E-state index contributed by atoms with van der Waals surface area (Å²) in [7, 11) is 0. The van der Waals surface area contributed by atoms with Gasteiger partial charge < -0.3 is 0 Å². The molecule has 16 heavy (non-hydrogen) atoms. The Morgan fingerprint density at radius 1 is 1.38 bits per heavy atom. The molecule has 0 atom stereocenters. The molecular weight excluding hydrogens is 236 g/mol. The lowest BCUT2D eigenvalue weighted by Crippen LogP contribution is -1.97. The third-order valence-corrected chi connectivity index (χ3v) is 2.97. The van der Waals surface area contributed by atoms with Crippen LogP contribution in [0.2, 0.25) is 5.02 Å². The zero-order chi connectivity index (χ0) is 11.3. The van der Waals surface area contributed by atoms with E-state index in [1.807, 2.05) is 6.07 Å². The first kappa shape index (κ1) is 9.96. The van der Waals surface area contributed by atoms with Gasteiger partial charge in [0.15, 0.2) is 5.65 Å². The van der Waals surface area contributed by atoms with Crippen LogP contribution >= 0.6 is 11.6 Å². The molecule has 1 aliphatic carbocycles. The molecule has 0 aromatic carbocycles. The van der Waals surface area contributed by atoms with Crippen molar-refractivity contribution >= 4 is 17.2 Å². The molecule has 0 N–H and O–H groups in total. The van der Waals surface area contributed by atoms with Crippen LogP contribution in [-0.2, 0) is 0 Å². The molecule has 0 bridgehead atoms. The molecule has 0 saturated heterocycles. The number of alkyl halides is 2. The summed E-state index contributed by atoms with van der Waals surface area (Å²) in [6.07, 6.45) is -0.524. The fourth-order valence-corrected chi connectivity index (χ4v) is 1.93. The Bertz CT molecular complexity index is 548. The van der Waals surface area contributed by atoms with E-state index in [0.29, 0.717) is 16.6 Å². The average molecular weight is 244 g/mol. The minimum absolute atomic E-state index is 0.321. The summed E-state index contributed by atoms with van der Waals surface area (Å²) in [5.41, 5.74) is 1.24. The molecule has 3 nitrogen and oxygen atoms in total. The van der Waals surface area contributed by atoms with Gasteiger partial charge in [-0.25, -0.2) is 18.3 Å². The number of nitrogens with zero attached hydrogens (tertiary/aromatic N) is 3. The number of hydrogen-bond donors (Lipinski definition) is 0. The van der Waals surface area contributed by atoms with Crippen LogP contribution in [0, 0.1) is 0 Å². The highest BCUT2D eigenvalue weighted by atomic mass is 35.5. The van der Waals surface area contributed by atoms with E-state index in [1.54, 1.807) is 6.07 Å².